The van der Waals surface area contributed by atoms with Gasteiger partial charge in [-0.15, -0.1) is 0 Å². The second-order valence-electron chi connectivity index (χ2n) is 6.85. The summed E-state index contributed by atoms with van der Waals surface area (Å²) >= 11 is 0. The van der Waals surface area contributed by atoms with E-state index >= 15 is 0 Å². The van der Waals surface area contributed by atoms with Crippen molar-refractivity contribution in [2.45, 2.75) is 57.8 Å². The lowest BCUT2D eigenvalue weighted by Crippen LogP contribution is -2.12. The Balaban J connectivity index is 1.54. The van der Waals surface area contributed by atoms with Gasteiger partial charge in [0.2, 0.25) is 0 Å². The summed E-state index contributed by atoms with van der Waals surface area (Å²) in [6.45, 7) is 2.34. The minimum Gasteiger partial charge on any atom is -0.0651 e. The molecule has 1 fully saturated rings. The van der Waals surface area contributed by atoms with Gasteiger partial charge in [-0.2, -0.15) is 0 Å². The standard InChI is InChI=1S/C22H28/c1-2-18-10-14-21(15-11-18)22-16-12-20(13-17-22)9-8-19-6-4-3-5-7-19/h3-7,12-13,16-18,21H,2,8-11,14-15H2,1H3. The van der Waals surface area contributed by atoms with Crippen LogP contribution in [0.15, 0.2) is 54.6 Å². The van der Waals surface area contributed by atoms with E-state index in [1.807, 2.05) is 0 Å². The van der Waals surface area contributed by atoms with Crippen molar-refractivity contribution >= 4 is 0 Å². The monoisotopic (exact) mass is 292 g/mol. The fourth-order valence-electron chi connectivity index (χ4n) is 3.79. The first-order chi connectivity index (χ1) is 10.8. The lowest BCUT2D eigenvalue weighted by Gasteiger charge is -2.28. The summed E-state index contributed by atoms with van der Waals surface area (Å²) in [4.78, 5) is 0. The summed E-state index contributed by atoms with van der Waals surface area (Å²) < 4.78 is 0. The Morgan fingerprint density at radius 1 is 0.727 bits per heavy atom. The molecule has 0 saturated heterocycles. The van der Waals surface area contributed by atoms with Gasteiger partial charge >= 0.3 is 0 Å². The number of hydrogen-bond acceptors (Lipinski definition) is 0. The van der Waals surface area contributed by atoms with E-state index < -0.39 is 0 Å². The molecule has 116 valence electrons. The van der Waals surface area contributed by atoms with Gasteiger partial charge in [-0.05, 0) is 67.1 Å². The Bertz CT molecular complexity index is 544. The third kappa shape index (κ3) is 4.00. The van der Waals surface area contributed by atoms with E-state index in [1.165, 1.54) is 43.2 Å². The SMILES string of the molecule is CCC1CCC(c2ccc(CCc3ccccc3)cc2)CC1. The molecule has 0 radical (unpaired) electrons. The highest BCUT2D eigenvalue weighted by atomic mass is 14.3. The molecular weight excluding hydrogens is 264 g/mol. The largest absolute Gasteiger partial charge is 0.0651 e. The van der Waals surface area contributed by atoms with Crippen LogP contribution in [0.2, 0.25) is 0 Å². The molecule has 0 aliphatic heterocycles. The van der Waals surface area contributed by atoms with E-state index in [9.17, 15) is 0 Å². The van der Waals surface area contributed by atoms with Crippen LogP contribution in [0.3, 0.4) is 0 Å². The number of aryl methyl sites for hydroxylation is 2. The highest BCUT2D eigenvalue weighted by Crippen LogP contribution is 2.36. The van der Waals surface area contributed by atoms with Gasteiger partial charge in [0.1, 0.15) is 0 Å². The zero-order chi connectivity index (χ0) is 15.2. The summed E-state index contributed by atoms with van der Waals surface area (Å²) in [6.07, 6.45) is 9.29. The lowest BCUT2D eigenvalue weighted by atomic mass is 9.78. The zero-order valence-corrected chi connectivity index (χ0v) is 13.8. The molecule has 0 N–H and O–H groups in total. The second-order valence-corrected chi connectivity index (χ2v) is 6.85. The van der Waals surface area contributed by atoms with Crippen molar-refractivity contribution < 1.29 is 0 Å². The first-order valence-electron chi connectivity index (χ1n) is 8.98. The average molecular weight is 292 g/mol. The predicted molar refractivity (Wildman–Crippen MR) is 95.3 cm³/mol. The van der Waals surface area contributed by atoms with E-state index in [4.69, 9.17) is 0 Å². The topological polar surface area (TPSA) is 0 Å². The van der Waals surface area contributed by atoms with E-state index in [2.05, 4.69) is 61.5 Å². The molecule has 1 aliphatic rings. The zero-order valence-electron chi connectivity index (χ0n) is 13.8. The van der Waals surface area contributed by atoms with Crippen LogP contribution in [-0.2, 0) is 12.8 Å². The van der Waals surface area contributed by atoms with Crippen molar-refractivity contribution in [1.29, 1.82) is 0 Å². The van der Waals surface area contributed by atoms with Crippen molar-refractivity contribution in [2.75, 3.05) is 0 Å². The van der Waals surface area contributed by atoms with Crippen molar-refractivity contribution in [3.05, 3.63) is 71.3 Å². The summed E-state index contributed by atoms with van der Waals surface area (Å²) in [6, 6.07) is 20.3. The van der Waals surface area contributed by atoms with Crippen LogP contribution >= 0.6 is 0 Å². The first-order valence-corrected chi connectivity index (χ1v) is 8.98. The quantitative estimate of drug-likeness (QED) is 0.619. The molecule has 0 aromatic heterocycles. The van der Waals surface area contributed by atoms with Crippen LogP contribution in [0.5, 0.6) is 0 Å². The van der Waals surface area contributed by atoms with E-state index in [-0.39, 0.29) is 0 Å². The molecule has 0 amide bonds. The smallest absolute Gasteiger partial charge is 0.0162 e. The third-order valence-electron chi connectivity index (χ3n) is 5.42. The minimum absolute atomic E-state index is 0.811. The molecule has 1 saturated carbocycles. The van der Waals surface area contributed by atoms with Crippen LogP contribution in [0.1, 0.15) is 61.6 Å². The molecule has 0 spiro atoms. The van der Waals surface area contributed by atoms with Crippen LogP contribution in [0.25, 0.3) is 0 Å². The van der Waals surface area contributed by atoms with Crippen LogP contribution in [0, 0.1) is 5.92 Å². The molecule has 2 aromatic rings. The molecule has 1 aliphatic carbocycles. The van der Waals surface area contributed by atoms with Crippen LogP contribution in [0.4, 0.5) is 0 Å². The molecular formula is C22H28. The maximum absolute atomic E-state index is 2.39. The Hall–Kier alpha value is -1.56. The fourth-order valence-corrected chi connectivity index (χ4v) is 3.79. The van der Waals surface area contributed by atoms with Crippen LogP contribution < -0.4 is 0 Å². The van der Waals surface area contributed by atoms with E-state index in [1.54, 1.807) is 5.56 Å². The van der Waals surface area contributed by atoms with Gasteiger partial charge in [-0.25, -0.2) is 0 Å². The molecule has 3 rings (SSSR count). The van der Waals surface area contributed by atoms with E-state index in [0.29, 0.717) is 0 Å². The molecule has 0 heteroatoms. The molecule has 0 nitrogen and oxygen atoms in total. The summed E-state index contributed by atoms with van der Waals surface area (Å²) in [5, 5.41) is 0. The third-order valence-corrected chi connectivity index (χ3v) is 5.42. The average Bonchev–Trinajstić information content (AvgIpc) is 2.61. The summed E-state index contributed by atoms with van der Waals surface area (Å²) in [5.41, 5.74) is 4.47. The fraction of sp³-hybridized carbons (Fsp3) is 0.455. The van der Waals surface area contributed by atoms with Crippen molar-refractivity contribution in [3.8, 4) is 0 Å². The maximum atomic E-state index is 2.39. The Labute approximate surface area is 135 Å². The van der Waals surface area contributed by atoms with Gasteiger partial charge < -0.3 is 0 Å². The minimum atomic E-state index is 0.811. The summed E-state index contributed by atoms with van der Waals surface area (Å²) in [5.74, 6) is 1.80. The van der Waals surface area contributed by atoms with Crippen LogP contribution in [-0.4, -0.2) is 0 Å². The second kappa shape index (κ2) is 7.63. The molecule has 0 heterocycles. The molecule has 2 aromatic carbocycles. The van der Waals surface area contributed by atoms with Crippen molar-refractivity contribution in [1.82, 2.24) is 0 Å². The lowest BCUT2D eigenvalue weighted by molar-refractivity contribution is 0.319. The van der Waals surface area contributed by atoms with Gasteiger partial charge in [0.25, 0.3) is 0 Å². The van der Waals surface area contributed by atoms with E-state index in [0.717, 1.165) is 24.7 Å². The maximum Gasteiger partial charge on any atom is -0.0162 e. The van der Waals surface area contributed by atoms with Gasteiger partial charge in [-0.1, -0.05) is 67.9 Å². The Kier molecular flexibility index (Phi) is 5.32. The van der Waals surface area contributed by atoms with Crippen molar-refractivity contribution in [2.24, 2.45) is 5.92 Å². The van der Waals surface area contributed by atoms with Gasteiger partial charge in [0.15, 0.2) is 0 Å². The van der Waals surface area contributed by atoms with Gasteiger partial charge in [-0.3, -0.25) is 0 Å². The molecule has 0 unspecified atom stereocenters. The number of rotatable bonds is 5. The molecule has 0 bridgehead atoms. The highest BCUT2D eigenvalue weighted by molar-refractivity contribution is 5.27. The highest BCUT2D eigenvalue weighted by Gasteiger charge is 2.20. The first kappa shape index (κ1) is 15.3. The Morgan fingerprint density at radius 2 is 1.32 bits per heavy atom. The Morgan fingerprint density at radius 3 is 1.91 bits per heavy atom. The predicted octanol–water partition coefficient (Wildman–Crippen LogP) is 6.16. The number of hydrogen-bond donors (Lipinski definition) is 0. The summed E-state index contributed by atoms with van der Waals surface area (Å²) in [7, 11) is 0. The normalized spacial score (nSPS) is 21.7. The van der Waals surface area contributed by atoms with Gasteiger partial charge in [0.05, 0.1) is 0 Å². The molecule has 0 atom stereocenters. The molecule has 22 heavy (non-hydrogen) atoms. The van der Waals surface area contributed by atoms with Crippen molar-refractivity contribution in [3.63, 3.8) is 0 Å². The number of benzene rings is 2. The van der Waals surface area contributed by atoms with Gasteiger partial charge in [0, 0.05) is 0 Å².